The molecule has 7 heteroatoms. The zero-order chi connectivity index (χ0) is 19.1. The molecule has 0 radical (unpaired) electrons. The molecule has 2 aromatic heterocycles. The maximum Gasteiger partial charge on any atom is 0.267 e. The molecule has 0 saturated carbocycles. The van der Waals surface area contributed by atoms with Gasteiger partial charge in [0.1, 0.15) is 0 Å². The first-order chi connectivity index (χ1) is 13.7. The second-order valence-electron chi connectivity index (χ2n) is 7.08. The summed E-state index contributed by atoms with van der Waals surface area (Å²) in [6, 6.07) is 15.5. The van der Waals surface area contributed by atoms with Gasteiger partial charge in [0.25, 0.3) is 5.56 Å². The normalized spacial score (nSPS) is 15.5. The fourth-order valence-corrected chi connectivity index (χ4v) is 3.85. The molecule has 28 heavy (non-hydrogen) atoms. The van der Waals surface area contributed by atoms with Gasteiger partial charge in [-0.2, -0.15) is 0 Å². The van der Waals surface area contributed by atoms with Crippen LogP contribution in [0, 0.1) is 6.92 Å². The summed E-state index contributed by atoms with van der Waals surface area (Å²) in [5, 5.41) is 9.55. The van der Waals surface area contributed by atoms with E-state index in [0.29, 0.717) is 17.7 Å². The van der Waals surface area contributed by atoms with Crippen LogP contribution in [0.3, 0.4) is 0 Å². The Hall–Kier alpha value is -3.03. The van der Waals surface area contributed by atoms with Crippen LogP contribution in [-0.4, -0.2) is 50.4 Å². The van der Waals surface area contributed by atoms with Crippen molar-refractivity contribution in [2.45, 2.75) is 13.5 Å². The van der Waals surface area contributed by atoms with Crippen molar-refractivity contribution in [3.05, 3.63) is 70.3 Å². The van der Waals surface area contributed by atoms with Gasteiger partial charge in [-0.15, -0.1) is 10.2 Å². The molecule has 1 aliphatic rings. The predicted molar refractivity (Wildman–Crippen MR) is 107 cm³/mol. The Kier molecular flexibility index (Phi) is 4.18. The van der Waals surface area contributed by atoms with Gasteiger partial charge in [-0.3, -0.25) is 14.1 Å². The lowest BCUT2D eigenvalue weighted by atomic mass is 10.2. The van der Waals surface area contributed by atoms with Crippen molar-refractivity contribution in [1.82, 2.24) is 24.1 Å². The molecule has 0 aliphatic carbocycles. The fraction of sp³-hybridized carbons (Fsp3) is 0.286. The minimum atomic E-state index is -0.0808. The minimum Gasteiger partial charge on any atom is -0.379 e. The molecule has 1 saturated heterocycles. The monoisotopic (exact) mass is 375 g/mol. The van der Waals surface area contributed by atoms with Gasteiger partial charge >= 0.3 is 0 Å². The number of aromatic nitrogens is 4. The summed E-state index contributed by atoms with van der Waals surface area (Å²) >= 11 is 0. The molecule has 3 heterocycles. The van der Waals surface area contributed by atoms with Crippen molar-refractivity contribution in [2.24, 2.45) is 0 Å². The number of nitrogens with zero attached hydrogens (tertiary/aromatic N) is 5. The van der Waals surface area contributed by atoms with E-state index in [2.05, 4.69) is 15.1 Å². The Balaban J connectivity index is 1.79. The van der Waals surface area contributed by atoms with E-state index in [-0.39, 0.29) is 5.56 Å². The largest absolute Gasteiger partial charge is 0.379 e. The third-order valence-electron chi connectivity index (χ3n) is 5.32. The van der Waals surface area contributed by atoms with Gasteiger partial charge < -0.3 is 4.74 Å². The van der Waals surface area contributed by atoms with Crippen LogP contribution in [0.15, 0.2) is 53.3 Å². The number of morpholine rings is 1. The quantitative estimate of drug-likeness (QED) is 0.549. The molecule has 0 unspecified atom stereocenters. The van der Waals surface area contributed by atoms with E-state index < -0.39 is 0 Å². The van der Waals surface area contributed by atoms with E-state index in [0.717, 1.165) is 48.9 Å². The molecule has 0 atom stereocenters. The molecule has 0 spiro atoms. The van der Waals surface area contributed by atoms with E-state index in [1.165, 1.54) is 0 Å². The van der Waals surface area contributed by atoms with E-state index in [4.69, 9.17) is 4.74 Å². The Morgan fingerprint density at radius 2 is 1.75 bits per heavy atom. The highest BCUT2D eigenvalue weighted by Gasteiger charge is 2.20. The lowest BCUT2D eigenvalue weighted by molar-refractivity contribution is 0.0329. The average molecular weight is 375 g/mol. The molecule has 2 aromatic carbocycles. The average Bonchev–Trinajstić information content (AvgIpc) is 3.14. The summed E-state index contributed by atoms with van der Waals surface area (Å²) in [6.45, 7) is 5.85. The molecule has 4 aromatic rings. The highest BCUT2D eigenvalue weighted by molar-refractivity contribution is 5.81. The number of ether oxygens (including phenoxy) is 1. The molecule has 0 bridgehead atoms. The fourth-order valence-electron chi connectivity index (χ4n) is 3.85. The van der Waals surface area contributed by atoms with Crippen LogP contribution in [0.5, 0.6) is 0 Å². The molecular formula is C21H21N5O2. The van der Waals surface area contributed by atoms with Crippen molar-refractivity contribution < 1.29 is 4.74 Å². The summed E-state index contributed by atoms with van der Waals surface area (Å²) in [5.74, 6) is 1.37. The zero-order valence-electron chi connectivity index (χ0n) is 15.7. The number of hydrogen-bond donors (Lipinski definition) is 0. The number of rotatable bonds is 3. The minimum absolute atomic E-state index is 0.0808. The van der Waals surface area contributed by atoms with Gasteiger partial charge in [0, 0.05) is 13.1 Å². The summed E-state index contributed by atoms with van der Waals surface area (Å²) < 4.78 is 9.14. The number of fused-ring (bicyclic) bond motifs is 3. The van der Waals surface area contributed by atoms with Gasteiger partial charge in [0.2, 0.25) is 5.78 Å². The van der Waals surface area contributed by atoms with Gasteiger partial charge in [-0.25, -0.2) is 4.57 Å². The molecule has 1 aliphatic heterocycles. The lowest BCUT2D eigenvalue weighted by Crippen LogP contribution is -2.36. The maximum atomic E-state index is 13.3. The highest BCUT2D eigenvalue weighted by atomic mass is 16.5. The SMILES string of the molecule is Cc1ccccc1-n1c(=O)c2ccccc2n2c(CN3CCOCC3)nnc12. The van der Waals surface area contributed by atoms with Crippen LogP contribution in [0.25, 0.3) is 22.4 Å². The Bertz CT molecular complexity index is 1220. The molecule has 142 valence electrons. The summed E-state index contributed by atoms with van der Waals surface area (Å²) in [5.41, 5.74) is 2.59. The van der Waals surface area contributed by atoms with E-state index in [9.17, 15) is 4.79 Å². The van der Waals surface area contributed by atoms with Crippen LogP contribution < -0.4 is 5.56 Å². The molecular weight excluding hydrogens is 354 g/mol. The first kappa shape index (κ1) is 17.1. The van der Waals surface area contributed by atoms with Crippen LogP contribution in [0.4, 0.5) is 0 Å². The zero-order valence-corrected chi connectivity index (χ0v) is 15.7. The van der Waals surface area contributed by atoms with E-state index >= 15 is 0 Å². The smallest absolute Gasteiger partial charge is 0.267 e. The van der Waals surface area contributed by atoms with Crippen molar-refractivity contribution in [3.8, 4) is 5.69 Å². The lowest BCUT2D eigenvalue weighted by Gasteiger charge is -2.25. The Labute approximate surface area is 161 Å². The molecule has 1 fully saturated rings. The Morgan fingerprint density at radius 1 is 1.00 bits per heavy atom. The standard InChI is InChI=1S/C21H21N5O2/c1-15-6-2-4-8-17(15)26-20(27)16-7-3-5-9-18(16)25-19(22-23-21(25)26)14-24-10-12-28-13-11-24/h2-9H,10-14H2,1H3. The van der Waals surface area contributed by atoms with Crippen molar-refractivity contribution >= 4 is 16.7 Å². The van der Waals surface area contributed by atoms with Gasteiger partial charge in [-0.1, -0.05) is 30.3 Å². The predicted octanol–water partition coefficient (Wildman–Crippen LogP) is 2.17. The Morgan fingerprint density at radius 3 is 2.57 bits per heavy atom. The number of benzene rings is 2. The van der Waals surface area contributed by atoms with Gasteiger partial charge in [0.15, 0.2) is 5.82 Å². The third-order valence-corrected chi connectivity index (χ3v) is 5.32. The molecule has 0 amide bonds. The van der Waals surface area contributed by atoms with Gasteiger partial charge in [0.05, 0.1) is 36.3 Å². The first-order valence-corrected chi connectivity index (χ1v) is 9.48. The number of hydrogen-bond acceptors (Lipinski definition) is 5. The van der Waals surface area contributed by atoms with Crippen molar-refractivity contribution in [1.29, 1.82) is 0 Å². The van der Waals surface area contributed by atoms with E-state index in [1.54, 1.807) is 4.57 Å². The maximum absolute atomic E-state index is 13.3. The molecule has 5 rings (SSSR count). The van der Waals surface area contributed by atoms with Crippen molar-refractivity contribution in [3.63, 3.8) is 0 Å². The molecule has 7 nitrogen and oxygen atoms in total. The third kappa shape index (κ3) is 2.71. The first-order valence-electron chi connectivity index (χ1n) is 9.48. The second kappa shape index (κ2) is 6.85. The van der Waals surface area contributed by atoms with Gasteiger partial charge in [-0.05, 0) is 30.7 Å². The summed E-state index contributed by atoms with van der Waals surface area (Å²) in [6.07, 6.45) is 0. The number of aryl methyl sites for hydroxylation is 1. The summed E-state index contributed by atoms with van der Waals surface area (Å²) in [4.78, 5) is 15.7. The van der Waals surface area contributed by atoms with Crippen LogP contribution in [0.1, 0.15) is 11.4 Å². The van der Waals surface area contributed by atoms with Crippen LogP contribution in [-0.2, 0) is 11.3 Å². The topological polar surface area (TPSA) is 64.7 Å². The van der Waals surface area contributed by atoms with Crippen LogP contribution in [0.2, 0.25) is 0 Å². The number of para-hydroxylation sites is 2. The summed E-state index contributed by atoms with van der Waals surface area (Å²) in [7, 11) is 0. The van der Waals surface area contributed by atoms with E-state index in [1.807, 2.05) is 59.9 Å². The van der Waals surface area contributed by atoms with Crippen LogP contribution >= 0.6 is 0 Å². The van der Waals surface area contributed by atoms with Crippen molar-refractivity contribution in [2.75, 3.05) is 26.3 Å². The molecule has 0 N–H and O–H groups in total. The second-order valence-corrected chi connectivity index (χ2v) is 7.08. The highest BCUT2D eigenvalue weighted by Crippen LogP contribution is 2.20.